The van der Waals surface area contributed by atoms with Crippen molar-refractivity contribution in [2.24, 2.45) is 10.9 Å². The number of esters is 1. The van der Waals surface area contributed by atoms with Crippen molar-refractivity contribution in [2.45, 2.75) is 13.5 Å². The topological polar surface area (TPSA) is 67.8 Å². The van der Waals surface area contributed by atoms with E-state index in [1.807, 2.05) is 12.1 Å². The highest BCUT2D eigenvalue weighted by Gasteiger charge is 2.35. The Balaban J connectivity index is 1.96. The molecule has 26 heavy (non-hydrogen) atoms. The average Bonchev–Trinajstić information content (AvgIpc) is 2.61. The van der Waals surface area contributed by atoms with Crippen LogP contribution in [0.2, 0.25) is 5.02 Å². The number of aliphatic imine (C=N–C) groups is 1. The Morgan fingerprint density at radius 1 is 1.31 bits per heavy atom. The Labute approximate surface area is 154 Å². The maximum atomic E-state index is 13.8. The van der Waals surface area contributed by atoms with Crippen molar-refractivity contribution < 1.29 is 18.7 Å². The Hall–Kier alpha value is -2.73. The summed E-state index contributed by atoms with van der Waals surface area (Å²) in [5.74, 6) is -2.59. The van der Waals surface area contributed by atoms with Gasteiger partial charge in [-0.05, 0) is 42.8 Å². The Bertz CT molecular complexity index is 869. The molecule has 0 aromatic heterocycles. The van der Waals surface area contributed by atoms with Crippen molar-refractivity contribution in [3.05, 3.63) is 70.2 Å². The molecule has 1 aromatic rings. The molecule has 0 radical (unpaired) electrons. The molecule has 0 bridgehead atoms. The highest BCUT2D eigenvalue weighted by molar-refractivity contribution is 6.30. The van der Waals surface area contributed by atoms with E-state index < -0.39 is 23.6 Å². The number of allylic oxidation sites excluding steroid dienone is 4. The third-order valence-electron chi connectivity index (χ3n) is 3.96. The number of carbonyl (C=O) groups is 2. The zero-order valence-electron chi connectivity index (χ0n) is 14.0. The summed E-state index contributed by atoms with van der Waals surface area (Å²) in [6.45, 7) is 2.08. The average molecular weight is 375 g/mol. The zero-order valence-corrected chi connectivity index (χ0v) is 14.7. The van der Waals surface area contributed by atoms with E-state index in [0.29, 0.717) is 17.3 Å². The third kappa shape index (κ3) is 3.75. The molecule has 0 saturated carbocycles. The number of amides is 1. The predicted molar refractivity (Wildman–Crippen MR) is 96.2 cm³/mol. The molecule has 5 nitrogen and oxygen atoms in total. The third-order valence-corrected chi connectivity index (χ3v) is 4.21. The molecule has 1 aliphatic heterocycles. The molecule has 2 aliphatic rings. The molecule has 1 aliphatic carbocycles. The fourth-order valence-electron chi connectivity index (χ4n) is 2.75. The van der Waals surface area contributed by atoms with E-state index in [-0.39, 0.29) is 17.9 Å². The van der Waals surface area contributed by atoms with Gasteiger partial charge in [-0.15, -0.1) is 0 Å². The van der Waals surface area contributed by atoms with Gasteiger partial charge in [0.15, 0.2) is 0 Å². The monoisotopic (exact) mass is 374 g/mol. The molecule has 1 atom stereocenters. The second kappa shape index (κ2) is 7.66. The van der Waals surface area contributed by atoms with Crippen LogP contribution >= 0.6 is 11.6 Å². The van der Waals surface area contributed by atoms with Gasteiger partial charge in [0.25, 0.3) is 5.91 Å². The second-order valence-corrected chi connectivity index (χ2v) is 6.13. The van der Waals surface area contributed by atoms with Gasteiger partial charge in [0.05, 0.1) is 18.2 Å². The first-order valence-electron chi connectivity index (χ1n) is 8.07. The highest BCUT2D eigenvalue weighted by atomic mass is 35.5. The summed E-state index contributed by atoms with van der Waals surface area (Å²) in [4.78, 5) is 28.5. The number of benzene rings is 1. The SMILES string of the molecule is CCOC(=O)C1=C(NCc2ccc(Cl)cc2)C2C=C(F)C=CC2=NC1=O. The molecular formula is C19H16ClFN2O3. The van der Waals surface area contributed by atoms with E-state index in [0.717, 1.165) is 5.56 Å². The molecule has 1 unspecified atom stereocenters. The summed E-state index contributed by atoms with van der Waals surface area (Å²) in [6.07, 6.45) is 3.98. The van der Waals surface area contributed by atoms with E-state index in [1.54, 1.807) is 19.1 Å². The molecule has 0 saturated heterocycles. The van der Waals surface area contributed by atoms with Crippen molar-refractivity contribution in [1.82, 2.24) is 5.32 Å². The zero-order chi connectivity index (χ0) is 18.7. The molecule has 0 spiro atoms. The van der Waals surface area contributed by atoms with Crippen LogP contribution in [0, 0.1) is 5.92 Å². The van der Waals surface area contributed by atoms with Crippen LogP contribution in [-0.2, 0) is 20.9 Å². The maximum Gasteiger partial charge on any atom is 0.345 e. The first-order valence-corrected chi connectivity index (χ1v) is 8.45. The number of ether oxygens (including phenoxy) is 1. The van der Waals surface area contributed by atoms with Gasteiger partial charge in [-0.25, -0.2) is 14.2 Å². The Morgan fingerprint density at radius 3 is 2.73 bits per heavy atom. The fourth-order valence-corrected chi connectivity index (χ4v) is 2.88. The lowest BCUT2D eigenvalue weighted by Crippen LogP contribution is -2.35. The molecule has 3 rings (SSSR count). The molecule has 1 N–H and O–H groups in total. The summed E-state index contributed by atoms with van der Waals surface area (Å²) < 4.78 is 18.7. The van der Waals surface area contributed by atoms with Crippen LogP contribution < -0.4 is 5.32 Å². The lowest BCUT2D eigenvalue weighted by molar-refractivity contribution is -0.140. The molecule has 1 heterocycles. The van der Waals surface area contributed by atoms with Crippen molar-refractivity contribution >= 4 is 29.2 Å². The standard InChI is InChI=1S/C19H16ClFN2O3/c1-2-26-19(25)16-17(22-10-11-3-5-12(20)6-4-11)14-9-13(21)7-8-15(14)23-18(16)24/h3-9,14,22H,2,10H2,1H3. The molecule has 1 amide bonds. The van der Waals surface area contributed by atoms with Crippen LogP contribution in [0.15, 0.2) is 64.6 Å². The summed E-state index contributed by atoms with van der Waals surface area (Å²) >= 11 is 5.88. The largest absolute Gasteiger partial charge is 0.462 e. The van der Waals surface area contributed by atoms with Crippen LogP contribution in [0.3, 0.4) is 0 Å². The quantitative estimate of drug-likeness (QED) is 0.634. The van der Waals surface area contributed by atoms with Gasteiger partial charge < -0.3 is 10.1 Å². The molecule has 1 aromatic carbocycles. The number of rotatable bonds is 5. The van der Waals surface area contributed by atoms with Crippen molar-refractivity contribution in [1.29, 1.82) is 0 Å². The second-order valence-electron chi connectivity index (χ2n) is 5.69. The minimum absolute atomic E-state index is 0.116. The number of fused-ring (bicyclic) bond motifs is 1. The van der Waals surface area contributed by atoms with E-state index in [9.17, 15) is 14.0 Å². The van der Waals surface area contributed by atoms with Crippen molar-refractivity contribution in [3.63, 3.8) is 0 Å². The first-order chi connectivity index (χ1) is 12.5. The number of nitrogens with zero attached hydrogens (tertiary/aromatic N) is 1. The van der Waals surface area contributed by atoms with E-state index in [2.05, 4.69) is 10.3 Å². The van der Waals surface area contributed by atoms with Gasteiger partial charge in [-0.3, -0.25) is 4.79 Å². The Kier molecular flexibility index (Phi) is 5.32. The number of dihydropyridines is 1. The van der Waals surface area contributed by atoms with E-state index in [1.165, 1.54) is 18.2 Å². The lowest BCUT2D eigenvalue weighted by Gasteiger charge is -2.26. The van der Waals surface area contributed by atoms with Crippen LogP contribution in [-0.4, -0.2) is 24.2 Å². The highest BCUT2D eigenvalue weighted by Crippen LogP contribution is 2.29. The molecule has 7 heteroatoms. The van der Waals surface area contributed by atoms with Gasteiger partial charge >= 0.3 is 5.97 Å². The molecule has 0 fully saturated rings. The summed E-state index contributed by atoms with van der Waals surface area (Å²) in [6, 6.07) is 7.11. The number of nitrogens with one attached hydrogen (secondary N) is 1. The molecule has 134 valence electrons. The summed E-state index contributed by atoms with van der Waals surface area (Å²) in [5, 5.41) is 3.69. The normalized spacial score (nSPS) is 18.9. The van der Waals surface area contributed by atoms with Crippen molar-refractivity contribution in [2.75, 3.05) is 6.61 Å². The van der Waals surface area contributed by atoms with Gasteiger partial charge in [0, 0.05) is 17.3 Å². The lowest BCUT2D eigenvalue weighted by atomic mass is 9.88. The van der Waals surface area contributed by atoms with Gasteiger partial charge in [-0.2, -0.15) is 0 Å². The minimum atomic E-state index is -0.776. The molecular weight excluding hydrogens is 359 g/mol. The van der Waals surface area contributed by atoms with Crippen molar-refractivity contribution in [3.8, 4) is 0 Å². The predicted octanol–water partition coefficient (Wildman–Crippen LogP) is 3.27. The summed E-state index contributed by atoms with van der Waals surface area (Å²) in [5.41, 5.74) is 1.35. The van der Waals surface area contributed by atoms with Gasteiger partial charge in [-0.1, -0.05) is 23.7 Å². The van der Waals surface area contributed by atoms with E-state index in [4.69, 9.17) is 16.3 Å². The van der Waals surface area contributed by atoms with Gasteiger partial charge in [0.2, 0.25) is 0 Å². The number of hydrogen-bond acceptors (Lipinski definition) is 4. The van der Waals surface area contributed by atoms with Crippen LogP contribution in [0.4, 0.5) is 4.39 Å². The van der Waals surface area contributed by atoms with Crippen LogP contribution in [0.5, 0.6) is 0 Å². The Morgan fingerprint density at radius 2 is 2.04 bits per heavy atom. The smallest absolute Gasteiger partial charge is 0.345 e. The number of halogens is 2. The van der Waals surface area contributed by atoms with Gasteiger partial charge in [0.1, 0.15) is 11.4 Å². The summed E-state index contributed by atoms with van der Waals surface area (Å²) in [7, 11) is 0. The minimum Gasteiger partial charge on any atom is -0.462 e. The maximum absolute atomic E-state index is 13.8. The van der Waals surface area contributed by atoms with E-state index >= 15 is 0 Å². The number of hydrogen-bond donors (Lipinski definition) is 1. The van der Waals surface area contributed by atoms with Crippen LogP contribution in [0.25, 0.3) is 0 Å². The van der Waals surface area contributed by atoms with Crippen LogP contribution in [0.1, 0.15) is 12.5 Å². The fraction of sp³-hybridized carbons (Fsp3) is 0.211. The first kappa shape index (κ1) is 18.1. The number of carbonyl (C=O) groups excluding carboxylic acids is 2.